The van der Waals surface area contributed by atoms with Gasteiger partial charge in [-0.3, -0.25) is 4.99 Å². The third kappa shape index (κ3) is 5.02. The fourth-order valence-electron chi connectivity index (χ4n) is 4.38. The molecule has 0 radical (unpaired) electrons. The molecule has 0 atom stereocenters. The molecule has 1 N–H and O–H groups in total. The van der Waals surface area contributed by atoms with E-state index in [1.807, 2.05) is 54.6 Å². The van der Waals surface area contributed by atoms with E-state index in [2.05, 4.69) is 50.9 Å². The topological polar surface area (TPSA) is 32.6 Å². The Morgan fingerprint density at radius 3 is 1.71 bits per heavy atom. The van der Waals surface area contributed by atoms with Crippen molar-refractivity contribution in [1.82, 2.24) is 0 Å². The molecule has 0 aromatic heterocycles. The first kappa shape index (κ1) is 24.3. The molecule has 4 aromatic rings. The summed E-state index contributed by atoms with van der Waals surface area (Å²) in [7, 11) is 0. The summed E-state index contributed by atoms with van der Waals surface area (Å²) in [4.78, 5) is 4.29. The predicted octanol–water partition coefficient (Wildman–Crippen LogP) is 8.07. The van der Waals surface area contributed by atoms with Crippen LogP contribution >= 0.6 is 0 Å². The van der Waals surface area contributed by atoms with Gasteiger partial charge in [-0.2, -0.15) is 0 Å². The molecule has 0 aliphatic carbocycles. The second-order valence-corrected chi connectivity index (χ2v) is 9.83. The van der Waals surface area contributed by atoms with Gasteiger partial charge < -0.3 is 5.11 Å². The van der Waals surface area contributed by atoms with Gasteiger partial charge in [0.05, 0.1) is 5.69 Å². The number of aromatic hydroxyl groups is 1. The minimum atomic E-state index is -0.703. The highest BCUT2D eigenvalue weighted by Gasteiger charge is 2.31. The lowest BCUT2D eigenvalue weighted by molar-refractivity contribution is 0.451. The van der Waals surface area contributed by atoms with Crippen molar-refractivity contribution in [3.63, 3.8) is 0 Å². The van der Waals surface area contributed by atoms with Crippen LogP contribution in [0.2, 0.25) is 0 Å². The fourth-order valence-corrected chi connectivity index (χ4v) is 4.38. The molecule has 0 heterocycles. The Morgan fingerprint density at radius 2 is 1.17 bits per heavy atom. The van der Waals surface area contributed by atoms with Crippen molar-refractivity contribution < 1.29 is 13.9 Å². The van der Waals surface area contributed by atoms with E-state index in [9.17, 15) is 13.9 Å². The van der Waals surface area contributed by atoms with Gasteiger partial charge in [-0.05, 0) is 34.9 Å². The van der Waals surface area contributed by atoms with Crippen LogP contribution in [-0.4, -0.2) is 11.3 Å². The van der Waals surface area contributed by atoms with E-state index in [-0.39, 0.29) is 16.9 Å². The summed E-state index contributed by atoms with van der Waals surface area (Å²) < 4.78 is 27.4. The summed E-state index contributed by atoms with van der Waals surface area (Å²) in [5.74, 6) is -1.32. The van der Waals surface area contributed by atoms with Crippen LogP contribution in [0.5, 0.6) is 5.75 Å². The molecule has 0 spiro atoms. The summed E-state index contributed by atoms with van der Waals surface area (Å²) in [6, 6.07) is 27.2. The number of benzene rings is 4. The molecule has 35 heavy (non-hydrogen) atoms. The van der Waals surface area contributed by atoms with E-state index < -0.39 is 17.0 Å². The lowest BCUT2D eigenvalue weighted by atomic mass is 9.72. The Bertz CT molecular complexity index is 1340. The summed E-state index contributed by atoms with van der Waals surface area (Å²) in [5.41, 5.74) is 3.66. The van der Waals surface area contributed by atoms with Crippen LogP contribution in [0.3, 0.4) is 0 Å². The number of hydrogen-bond acceptors (Lipinski definition) is 2. The van der Waals surface area contributed by atoms with Gasteiger partial charge in [0, 0.05) is 34.2 Å². The lowest BCUT2D eigenvalue weighted by Crippen LogP contribution is -2.24. The molecule has 0 bridgehead atoms. The van der Waals surface area contributed by atoms with Crippen LogP contribution in [0, 0.1) is 11.6 Å². The van der Waals surface area contributed by atoms with Gasteiger partial charge in [0.1, 0.15) is 17.4 Å². The van der Waals surface area contributed by atoms with Crippen LogP contribution in [0.4, 0.5) is 14.5 Å². The zero-order valence-electron chi connectivity index (χ0n) is 20.4. The summed E-state index contributed by atoms with van der Waals surface area (Å²) >= 11 is 0. The summed E-state index contributed by atoms with van der Waals surface area (Å²) in [6.07, 6.45) is 1.47. The molecule has 4 aromatic carbocycles. The number of rotatable bonds is 6. The molecule has 0 fully saturated rings. The molecular formula is C31H29F2NO. The monoisotopic (exact) mass is 469 g/mol. The minimum absolute atomic E-state index is 0.0899. The van der Waals surface area contributed by atoms with Gasteiger partial charge in [-0.1, -0.05) is 94.4 Å². The highest BCUT2D eigenvalue weighted by molar-refractivity contribution is 5.87. The maximum absolute atomic E-state index is 13.7. The SMILES string of the molecule is CC(C)(c1ccccc1)c1cc(C=Nc2cc(F)cc(F)c2)c(O)c(C(C)(C)c2ccccc2)c1. The quantitative estimate of drug-likeness (QED) is 0.285. The molecule has 2 nitrogen and oxygen atoms in total. The first-order chi connectivity index (χ1) is 16.6. The number of hydrogen-bond donors (Lipinski definition) is 1. The molecule has 0 unspecified atom stereocenters. The van der Waals surface area contributed by atoms with Crippen molar-refractivity contribution in [3.8, 4) is 5.75 Å². The van der Waals surface area contributed by atoms with Crippen molar-refractivity contribution in [2.75, 3.05) is 0 Å². The van der Waals surface area contributed by atoms with Crippen LogP contribution in [-0.2, 0) is 10.8 Å². The summed E-state index contributed by atoms with van der Waals surface area (Å²) in [5, 5.41) is 11.4. The van der Waals surface area contributed by atoms with Crippen LogP contribution < -0.4 is 0 Å². The van der Waals surface area contributed by atoms with Crippen LogP contribution in [0.15, 0.2) is 96.0 Å². The average Bonchev–Trinajstić information content (AvgIpc) is 2.83. The standard InChI is InChI=1S/C31H29F2NO/c1-30(2,22-11-7-5-8-12-22)24-15-21(20-34-27-18-25(32)17-26(33)19-27)29(35)28(16-24)31(3,4)23-13-9-6-10-14-23/h5-20,35H,1-4H3. The Morgan fingerprint density at radius 1 is 0.657 bits per heavy atom. The van der Waals surface area contributed by atoms with Gasteiger partial charge in [-0.25, -0.2) is 8.78 Å². The van der Waals surface area contributed by atoms with Crippen molar-refractivity contribution in [2.45, 2.75) is 38.5 Å². The average molecular weight is 470 g/mol. The first-order valence-corrected chi connectivity index (χ1v) is 11.6. The molecular weight excluding hydrogens is 440 g/mol. The number of nitrogens with zero attached hydrogens (tertiary/aromatic N) is 1. The van der Waals surface area contributed by atoms with Gasteiger partial charge in [0.25, 0.3) is 0 Å². The van der Waals surface area contributed by atoms with E-state index in [1.54, 1.807) is 0 Å². The van der Waals surface area contributed by atoms with E-state index in [0.29, 0.717) is 5.56 Å². The molecule has 0 aliphatic heterocycles. The molecule has 178 valence electrons. The minimum Gasteiger partial charge on any atom is -0.507 e. The molecule has 0 amide bonds. The normalized spacial score (nSPS) is 12.3. The van der Waals surface area contributed by atoms with Gasteiger partial charge in [0.2, 0.25) is 0 Å². The van der Waals surface area contributed by atoms with Crippen LogP contribution in [0.25, 0.3) is 0 Å². The largest absolute Gasteiger partial charge is 0.507 e. The Balaban J connectivity index is 1.91. The molecule has 4 heteroatoms. The Kier molecular flexibility index (Phi) is 6.58. The number of aliphatic imine (C=N–C) groups is 1. The third-order valence-electron chi connectivity index (χ3n) is 6.73. The highest BCUT2D eigenvalue weighted by atomic mass is 19.1. The second kappa shape index (κ2) is 9.46. The number of phenols is 1. The highest BCUT2D eigenvalue weighted by Crippen LogP contribution is 2.42. The molecule has 0 aliphatic rings. The van der Waals surface area contributed by atoms with Crippen molar-refractivity contribution in [1.29, 1.82) is 0 Å². The first-order valence-electron chi connectivity index (χ1n) is 11.6. The fraction of sp³-hybridized carbons (Fsp3) is 0.194. The van der Waals surface area contributed by atoms with E-state index in [0.717, 1.165) is 40.5 Å². The Labute approximate surface area is 205 Å². The number of phenolic OH excluding ortho intramolecular Hbond substituents is 1. The van der Waals surface area contributed by atoms with Crippen molar-refractivity contribution >= 4 is 11.9 Å². The predicted molar refractivity (Wildman–Crippen MR) is 139 cm³/mol. The van der Waals surface area contributed by atoms with E-state index >= 15 is 0 Å². The van der Waals surface area contributed by atoms with Crippen LogP contribution in [0.1, 0.15) is 55.5 Å². The Hall–Kier alpha value is -3.79. The third-order valence-corrected chi connectivity index (χ3v) is 6.73. The second-order valence-electron chi connectivity index (χ2n) is 9.83. The van der Waals surface area contributed by atoms with E-state index in [1.165, 1.54) is 6.21 Å². The molecule has 4 rings (SSSR count). The van der Waals surface area contributed by atoms with Gasteiger partial charge in [0.15, 0.2) is 0 Å². The smallest absolute Gasteiger partial charge is 0.128 e. The van der Waals surface area contributed by atoms with Crippen molar-refractivity contribution in [2.24, 2.45) is 4.99 Å². The van der Waals surface area contributed by atoms with Gasteiger partial charge in [-0.15, -0.1) is 0 Å². The maximum atomic E-state index is 13.7. The zero-order chi connectivity index (χ0) is 25.2. The number of halogens is 2. The lowest BCUT2D eigenvalue weighted by Gasteiger charge is -2.32. The summed E-state index contributed by atoms with van der Waals surface area (Å²) in [6.45, 7) is 8.41. The molecule has 0 saturated heterocycles. The van der Waals surface area contributed by atoms with Gasteiger partial charge >= 0.3 is 0 Å². The zero-order valence-corrected chi connectivity index (χ0v) is 20.4. The maximum Gasteiger partial charge on any atom is 0.128 e. The van der Waals surface area contributed by atoms with E-state index in [4.69, 9.17) is 0 Å². The molecule has 0 saturated carbocycles. The van der Waals surface area contributed by atoms with Crippen molar-refractivity contribution in [3.05, 3.63) is 130 Å².